The third-order valence-electron chi connectivity index (χ3n) is 4.03. The summed E-state index contributed by atoms with van der Waals surface area (Å²) in [6, 6.07) is 10.5. The second-order valence-electron chi connectivity index (χ2n) is 6.03. The van der Waals surface area contributed by atoms with E-state index in [9.17, 15) is 14.9 Å². The van der Waals surface area contributed by atoms with Gasteiger partial charge in [-0.3, -0.25) is 14.9 Å². The Bertz CT molecular complexity index is 1020. The fraction of sp³-hybridized carbons (Fsp3) is 0.158. The van der Waals surface area contributed by atoms with E-state index in [-0.39, 0.29) is 12.3 Å². The smallest absolute Gasteiger partial charge is 0.277 e. The predicted octanol–water partition coefficient (Wildman–Crippen LogP) is 3.22. The highest BCUT2D eigenvalue weighted by molar-refractivity contribution is 5.98. The number of aryl methyl sites for hydroxylation is 2. The van der Waals surface area contributed by atoms with E-state index in [1.807, 2.05) is 30.5 Å². The maximum Gasteiger partial charge on any atom is 0.277 e. The van der Waals surface area contributed by atoms with Crippen molar-refractivity contribution in [2.45, 2.75) is 13.8 Å². The number of fused-ring (bicyclic) bond motifs is 1. The highest BCUT2D eigenvalue weighted by Gasteiger charge is 2.14. The molecule has 0 aliphatic carbocycles. The first kappa shape index (κ1) is 18.1. The van der Waals surface area contributed by atoms with Crippen LogP contribution < -0.4 is 10.2 Å². The number of nitro benzene ring substituents is 1. The van der Waals surface area contributed by atoms with Gasteiger partial charge in [0, 0.05) is 34.8 Å². The molecule has 0 saturated carbocycles. The molecule has 0 radical (unpaired) electrons. The lowest BCUT2D eigenvalue weighted by molar-refractivity contribution is -0.385. The summed E-state index contributed by atoms with van der Waals surface area (Å²) in [4.78, 5) is 25.5. The molecule has 2 aromatic carbocycles. The molecule has 0 bridgehead atoms. The number of rotatable bonds is 6. The first-order chi connectivity index (χ1) is 13.0. The Morgan fingerprint density at radius 2 is 2.04 bits per heavy atom. The minimum Gasteiger partial charge on any atom is -0.483 e. The Labute approximate surface area is 155 Å². The summed E-state index contributed by atoms with van der Waals surface area (Å²) < 4.78 is 5.51. The molecule has 3 aromatic rings. The normalized spacial score (nSPS) is 11.0. The van der Waals surface area contributed by atoms with Gasteiger partial charge in [0.1, 0.15) is 5.75 Å². The number of aromatic amines is 1. The number of ether oxygens (including phenoxy) is 1. The fourth-order valence-corrected chi connectivity index (χ4v) is 2.83. The van der Waals surface area contributed by atoms with Crippen LogP contribution in [0.2, 0.25) is 0 Å². The van der Waals surface area contributed by atoms with Crippen LogP contribution in [-0.2, 0) is 4.79 Å². The SMILES string of the molecule is Cc1cc([N+](=O)[O-])cc(C)c1OCC(=O)N/N=C/c1cccc2[nH]ccc12. The highest BCUT2D eigenvalue weighted by Crippen LogP contribution is 2.28. The lowest BCUT2D eigenvalue weighted by Crippen LogP contribution is -2.25. The number of non-ortho nitro benzene ring substituents is 1. The van der Waals surface area contributed by atoms with Gasteiger partial charge in [-0.2, -0.15) is 5.10 Å². The van der Waals surface area contributed by atoms with Crippen LogP contribution in [0.5, 0.6) is 5.75 Å². The van der Waals surface area contributed by atoms with Crippen molar-refractivity contribution in [3.05, 3.63) is 69.4 Å². The van der Waals surface area contributed by atoms with Crippen LogP contribution in [0.3, 0.4) is 0 Å². The topological polar surface area (TPSA) is 110 Å². The predicted molar refractivity (Wildman–Crippen MR) is 102 cm³/mol. The molecular formula is C19H18N4O4. The van der Waals surface area contributed by atoms with E-state index in [1.54, 1.807) is 20.1 Å². The molecule has 1 amide bonds. The number of hydrazone groups is 1. The number of aromatic nitrogens is 1. The van der Waals surface area contributed by atoms with Gasteiger partial charge < -0.3 is 9.72 Å². The number of carbonyl (C=O) groups is 1. The molecule has 0 spiro atoms. The minimum atomic E-state index is -0.462. The molecule has 0 aliphatic heterocycles. The number of amides is 1. The second-order valence-corrected chi connectivity index (χ2v) is 6.03. The highest BCUT2D eigenvalue weighted by atomic mass is 16.6. The number of benzene rings is 2. The van der Waals surface area contributed by atoms with Gasteiger partial charge in [0.05, 0.1) is 11.1 Å². The van der Waals surface area contributed by atoms with Gasteiger partial charge in [-0.15, -0.1) is 0 Å². The van der Waals surface area contributed by atoms with E-state index in [0.29, 0.717) is 16.9 Å². The van der Waals surface area contributed by atoms with E-state index in [2.05, 4.69) is 15.5 Å². The Morgan fingerprint density at radius 3 is 2.74 bits per heavy atom. The van der Waals surface area contributed by atoms with Gasteiger partial charge in [0.15, 0.2) is 6.61 Å². The average molecular weight is 366 g/mol. The molecule has 2 N–H and O–H groups in total. The van der Waals surface area contributed by atoms with Crippen molar-refractivity contribution in [1.82, 2.24) is 10.4 Å². The molecule has 0 fully saturated rings. The van der Waals surface area contributed by atoms with Gasteiger partial charge in [-0.05, 0) is 37.1 Å². The average Bonchev–Trinajstić information content (AvgIpc) is 3.10. The first-order valence-corrected chi connectivity index (χ1v) is 8.22. The Balaban J connectivity index is 1.60. The molecule has 8 nitrogen and oxygen atoms in total. The molecular weight excluding hydrogens is 348 g/mol. The number of carbonyl (C=O) groups excluding carboxylic acids is 1. The van der Waals surface area contributed by atoms with Gasteiger partial charge >= 0.3 is 0 Å². The molecule has 138 valence electrons. The molecule has 0 aliphatic rings. The summed E-state index contributed by atoms with van der Waals surface area (Å²) in [5.74, 6) is 0.0291. The summed E-state index contributed by atoms with van der Waals surface area (Å²) in [6.07, 6.45) is 3.40. The fourth-order valence-electron chi connectivity index (χ4n) is 2.83. The summed E-state index contributed by atoms with van der Waals surface area (Å²) in [5, 5.41) is 15.8. The van der Waals surface area contributed by atoms with Crippen molar-refractivity contribution >= 4 is 28.7 Å². The van der Waals surface area contributed by atoms with Crippen LogP contribution in [0.4, 0.5) is 5.69 Å². The standard InChI is InChI=1S/C19H18N4O4/c1-12-8-15(23(25)26)9-13(2)19(12)27-11-18(24)22-21-10-14-4-3-5-17-16(14)6-7-20-17/h3-10,20H,11H2,1-2H3,(H,22,24)/b21-10+. The molecule has 8 heteroatoms. The third-order valence-corrected chi connectivity index (χ3v) is 4.03. The van der Waals surface area contributed by atoms with Crippen molar-refractivity contribution < 1.29 is 14.5 Å². The third kappa shape index (κ3) is 4.12. The zero-order valence-electron chi connectivity index (χ0n) is 14.9. The number of nitrogens with zero attached hydrogens (tertiary/aromatic N) is 2. The van der Waals surface area contributed by atoms with Gasteiger partial charge in [0.2, 0.25) is 0 Å². The van der Waals surface area contributed by atoms with E-state index in [0.717, 1.165) is 16.5 Å². The van der Waals surface area contributed by atoms with Crippen LogP contribution in [-0.4, -0.2) is 28.6 Å². The van der Waals surface area contributed by atoms with Crippen molar-refractivity contribution in [2.75, 3.05) is 6.61 Å². The Kier molecular flexibility index (Phi) is 5.16. The largest absolute Gasteiger partial charge is 0.483 e. The Hall–Kier alpha value is -3.68. The molecule has 1 aromatic heterocycles. The summed E-state index contributed by atoms with van der Waals surface area (Å²) in [7, 11) is 0. The van der Waals surface area contributed by atoms with Crippen LogP contribution in [0.25, 0.3) is 10.9 Å². The van der Waals surface area contributed by atoms with E-state index in [4.69, 9.17) is 4.74 Å². The number of hydrogen-bond acceptors (Lipinski definition) is 5. The van der Waals surface area contributed by atoms with Crippen molar-refractivity contribution in [2.24, 2.45) is 5.10 Å². The monoisotopic (exact) mass is 366 g/mol. The summed E-state index contributed by atoms with van der Waals surface area (Å²) >= 11 is 0. The maximum absolute atomic E-state index is 12.0. The van der Waals surface area contributed by atoms with Crippen LogP contribution in [0.1, 0.15) is 16.7 Å². The minimum absolute atomic E-state index is 0.00895. The van der Waals surface area contributed by atoms with Gasteiger partial charge in [-0.1, -0.05) is 12.1 Å². The molecule has 0 saturated heterocycles. The van der Waals surface area contributed by atoms with Crippen LogP contribution in [0, 0.1) is 24.0 Å². The number of nitro groups is 1. The molecule has 3 rings (SSSR count). The zero-order valence-corrected chi connectivity index (χ0v) is 14.9. The molecule has 0 unspecified atom stereocenters. The quantitative estimate of drug-likeness (QED) is 0.396. The molecule has 27 heavy (non-hydrogen) atoms. The van der Waals surface area contributed by atoms with Crippen molar-refractivity contribution in [3.8, 4) is 5.75 Å². The van der Waals surface area contributed by atoms with Crippen LogP contribution in [0.15, 0.2) is 47.7 Å². The van der Waals surface area contributed by atoms with Crippen molar-refractivity contribution in [3.63, 3.8) is 0 Å². The Morgan fingerprint density at radius 1 is 1.30 bits per heavy atom. The van der Waals surface area contributed by atoms with E-state index >= 15 is 0 Å². The maximum atomic E-state index is 12.0. The van der Waals surface area contributed by atoms with E-state index in [1.165, 1.54) is 12.1 Å². The summed E-state index contributed by atoms with van der Waals surface area (Å²) in [5.41, 5.74) is 5.45. The molecule has 1 heterocycles. The van der Waals surface area contributed by atoms with Crippen molar-refractivity contribution in [1.29, 1.82) is 0 Å². The lowest BCUT2D eigenvalue weighted by atomic mass is 10.1. The van der Waals surface area contributed by atoms with Crippen LogP contribution >= 0.6 is 0 Å². The van der Waals surface area contributed by atoms with Gasteiger partial charge in [0.25, 0.3) is 11.6 Å². The lowest BCUT2D eigenvalue weighted by Gasteiger charge is -2.11. The second kappa shape index (κ2) is 7.69. The number of nitrogens with one attached hydrogen (secondary N) is 2. The number of H-pyrrole nitrogens is 1. The van der Waals surface area contributed by atoms with Gasteiger partial charge in [-0.25, -0.2) is 5.43 Å². The zero-order chi connectivity index (χ0) is 19.4. The molecule has 0 atom stereocenters. The first-order valence-electron chi connectivity index (χ1n) is 8.22. The summed E-state index contributed by atoms with van der Waals surface area (Å²) in [6.45, 7) is 3.15. The number of hydrogen-bond donors (Lipinski definition) is 2. The van der Waals surface area contributed by atoms with E-state index < -0.39 is 10.8 Å².